The summed E-state index contributed by atoms with van der Waals surface area (Å²) in [6, 6.07) is 0.313. The molecule has 0 heterocycles. The predicted octanol–water partition coefficient (Wildman–Crippen LogP) is 2.26. The predicted molar refractivity (Wildman–Crippen MR) is 126 cm³/mol. The molecule has 190 valence electrons. The van der Waals surface area contributed by atoms with Crippen molar-refractivity contribution < 1.29 is 32.4 Å². The zero-order chi connectivity index (χ0) is 25.2. The SMILES string of the molecule is CCC(C)C(=O)N(C)C.CCC(C)C(=O)OCCNC(=O)NCCC[Si](OC)(OC)OC. The van der Waals surface area contributed by atoms with Gasteiger partial charge in [-0.15, -0.1) is 0 Å². The Morgan fingerprint density at radius 1 is 0.875 bits per heavy atom. The van der Waals surface area contributed by atoms with Crippen LogP contribution in [0.15, 0.2) is 0 Å². The van der Waals surface area contributed by atoms with Gasteiger partial charge in [0.05, 0.1) is 12.5 Å². The Hall–Kier alpha value is -1.69. The molecule has 2 atom stereocenters. The maximum Gasteiger partial charge on any atom is 0.500 e. The second kappa shape index (κ2) is 18.8. The van der Waals surface area contributed by atoms with Crippen LogP contribution in [-0.4, -0.2) is 86.7 Å². The number of rotatable bonds is 14. The van der Waals surface area contributed by atoms with Gasteiger partial charge in [0.2, 0.25) is 5.91 Å². The highest BCUT2D eigenvalue weighted by Crippen LogP contribution is 2.14. The van der Waals surface area contributed by atoms with Crippen molar-refractivity contribution in [1.29, 1.82) is 0 Å². The van der Waals surface area contributed by atoms with Crippen LogP contribution in [0.4, 0.5) is 4.79 Å². The van der Waals surface area contributed by atoms with Gasteiger partial charge in [-0.3, -0.25) is 9.59 Å². The van der Waals surface area contributed by atoms with Crippen LogP contribution in [-0.2, 0) is 27.6 Å². The summed E-state index contributed by atoms with van der Waals surface area (Å²) in [5, 5.41) is 5.34. The average molecular weight is 480 g/mol. The van der Waals surface area contributed by atoms with E-state index in [1.54, 1.807) is 40.3 Å². The molecular weight excluding hydrogens is 434 g/mol. The summed E-state index contributed by atoms with van der Waals surface area (Å²) in [4.78, 5) is 35.6. The van der Waals surface area contributed by atoms with Crippen LogP contribution in [0, 0.1) is 11.8 Å². The van der Waals surface area contributed by atoms with Crippen LogP contribution in [0.2, 0.25) is 6.04 Å². The molecule has 10 nitrogen and oxygen atoms in total. The molecule has 0 aliphatic heterocycles. The molecule has 0 spiro atoms. The molecule has 2 N–H and O–H groups in total. The zero-order valence-corrected chi connectivity index (χ0v) is 22.4. The van der Waals surface area contributed by atoms with Gasteiger partial charge in [-0.05, 0) is 19.3 Å². The van der Waals surface area contributed by atoms with Crippen LogP contribution < -0.4 is 10.6 Å². The summed E-state index contributed by atoms with van der Waals surface area (Å²) in [5.41, 5.74) is 0. The van der Waals surface area contributed by atoms with Gasteiger partial charge in [0, 0.05) is 53.9 Å². The first kappa shape index (κ1) is 32.5. The highest BCUT2D eigenvalue weighted by atomic mass is 28.4. The van der Waals surface area contributed by atoms with E-state index in [-0.39, 0.29) is 42.9 Å². The maximum atomic E-state index is 11.6. The Kier molecular flexibility index (Phi) is 19.1. The molecule has 0 radical (unpaired) electrons. The van der Waals surface area contributed by atoms with E-state index in [1.807, 2.05) is 27.7 Å². The lowest BCUT2D eigenvalue weighted by Crippen LogP contribution is -2.44. The molecule has 11 heteroatoms. The fourth-order valence-corrected chi connectivity index (χ4v) is 4.09. The summed E-state index contributed by atoms with van der Waals surface area (Å²) in [5.74, 6) is 0.0443. The number of urea groups is 1. The van der Waals surface area contributed by atoms with Gasteiger partial charge in [-0.1, -0.05) is 27.7 Å². The first-order valence-electron chi connectivity index (χ1n) is 11.1. The van der Waals surface area contributed by atoms with Gasteiger partial charge in [0.15, 0.2) is 0 Å². The quantitative estimate of drug-likeness (QED) is 0.223. The van der Waals surface area contributed by atoms with Gasteiger partial charge in [-0.2, -0.15) is 0 Å². The standard InChI is InChI=1S/C14H30N2O6Si.C7H15NO/c1-6-12(2)13(17)22-10-9-16-14(18)15-8-7-11-23(19-3,20-4)21-5;1-5-6(2)7(9)8(3)4/h12H,6-11H2,1-5H3,(H2,15,16,18);6H,5H2,1-4H3. The number of nitrogens with zero attached hydrogens (tertiary/aromatic N) is 1. The largest absolute Gasteiger partial charge is 0.500 e. The van der Waals surface area contributed by atoms with Crippen molar-refractivity contribution in [2.24, 2.45) is 11.8 Å². The van der Waals surface area contributed by atoms with Crippen molar-refractivity contribution in [2.45, 2.75) is 53.0 Å². The van der Waals surface area contributed by atoms with Crippen molar-refractivity contribution in [1.82, 2.24) is 15.5 Å². The number of nitrogens with one attached hydrogen (secondary N) is 2. The monoisotopic (exact) mass is 479 g/mol. The lowest BCUT2D eigenvalue weighted by atomic mass is 10.1. The number of carbonyl (C=O) groups excluding carboxylic acids is 3. The van der Waals surface area contributed by atoms with Crippen molar-refractivity contribution in [3.63, 3.8) is 0 Å². The fraction of sp³-hybridized carbons (Fsp3) is 0.857. The van der Waals surface area contributed by atoms with Crippen LogP contribution in [0.25, 0.3) is 0 Å². The van der Waals surface area contributed by atoms with Gasteiger partial charge < -0.3 is 33.5 Å². The molecule has 0 aliphatic rings. The van der Waals surface area contributed by atoms with Crippen LogP contribution in [0.5, 0.6) is 0 Å². The molecule has 0 saturated heterocycles. The minimum atomic E-state index is -2.58. The summed E-state index contributed by atoms with van der Waals surface area (Å²) in [6.07, 6.45) is 2.34. The first-order valence-corrected chi connectivity index (χ1v) is 13.0. The average Bonchev–Trinajstić information content (AvgIpc) is 2.80. The van der Waals surface area contributed by atoms with Gasteiger partial charge in [-0.25, -0.2) is 4.79 Å². The lowest BCUT2D eigenvalue weighted by Gasteiger charge is -2.24. The molecule has 0 fully saturated rings. The third kappa shape index (κ3) is 14.4. The van der Waals surface area contributed by atoms with Crippen molar-refractivity contribution >= 4 is 26.7 Å². The van der Waals surface area contributed by atoms with Crippen molar-refractivity contribution in [3.8, 4) is 0 Å². The highest BCUT2D eigenvalue weighted by molar-refractivity contribution is 6.60. The summed E-state index contributed by atoms with van der Waals surface area (Å²) >= 11 is 0. The van der Waals surface area contributed by atoms with Crippen molar-refractivity contribution in [3.05, 3.63) is 0 Å². The number of amides is 3. The number of ether oxygens (including phenoxy) is 1. The zero-order valence-electron chi connectivity index (χ0n) is 21.4. The topological polar surface area (TPSA) is 115 Å². The molecule has 0 aromatic heterocycles. The first-order chi connectivity index (χ1) is 15.0. The molecule has 0 aromatic rings. The normalized spacial score (nSPS) is 12.7. The molecule has 0 aromatic carbocycles. The lowest BCUT2D eigenvalue weighted by molar-refractivity contribution is -0.147. The molecular formula is C21H45N3O7Si. The smallest absolute Gasteiger partial charge is 0.464 e. The van der Waals surface area contributed by atoms with Crippen LogP contribution >= 0.6 is 0 Å². The minimum absolute atomic E-state index is 0.115. The Morgan fingerprint density at radius 2 is 1.38 bits per heavy atom. The van der Waals surface area contributed by atoms with Gasteiger partial charge in [0.1, 0.15) is 6.61 Å². The summed E-state index contributed by atoms with van der Waals surface area (Å²) < 4.78 is 20.9. The summed E-state index contributed by atoms with van der Waals surface area (Å²) in [6.45, 7) is 8.63. The van der Waals surface area contributed by atoms with E-state index in [0.717, 1.165) is 12.8 Å². The van der Waals surface area contributed by atoms with Crippen LogP contribution in [0.1, 0.15) is 47.0 Å². The maximum absolute atomic E-state index is 11.6. The van der Waals surface area contributed by atoms with E-state index in [2.05, 4.69) is 10.6 Å². The molecule has 0 bridgehead atoms. The Bertz CT molecular complexity index is 523. The molecule has 2 unspecified atom stereocenters. The van der Waals surface area contributed by atoms with E-state index < -0.39 is 8.80 Å². The number of esters is 1. The molecule has 0 rings (SSSR count). The molecule has 3 amide bonds. The van der Waals surface area contributed by atoms with Gasteiger partial charge in [0.25, 0.3) is 0 Å². The Labute approximate surface area is 195 Å². The molecule has 0 saturated carbocycles. The third-order valence-corrected chi connectivity index (χ3v) is 7.83. The van der Waals surface area contributed by atoms with E-state index >= 15 is 0 Å². The van der Waals surface area contributed by atoms with E-state index in [4.69, 9.17) is 18.0 Å². The highest BCUT2D eigenvalue weighted by Gasteiger charge is 2.36. The Morgan fingerprint density at radius 3 is 1.78 bits per heavy atom. The van der Waals surface area contributed by atoms with E-state index in [9.17, 15) is 14.4 Å². The second-order valence-electron chi connectivity index (χ2n) is 7.60. The summed E-state index contributed by atoms with van der Waals surface area (Å²) in [7, 11) is 5.66. The van der Waals surface area contributed by atoms with Crippen LogP contribution in [0.3, 0.4) is 0 Å². The van der Waals surface area contributed by atoms with Crippen molar-refractivity contribution in [2.75, 3.05) is 55.1 Å². The van der Waals surface area contributed by atoms with Gasteiger partial charge >= 0.3 is 20.8 Å². The number of hydrogen-bond acceptors (Lipinski definition) is 7. The Balaban J connectivity index is 0. The van der Waals surface area contributed by atoms with E-state index in [1.165, 1.54) is 0 Å². The molecule has 0 aliphatic carbocycles. The van der Waals surface area contributed by atoms with E-state index in [0.29, 0.717) is 19.0 Å². The number of carbonyl (C=O) groups is 3. The molecule has 32 heavy (non-hydrogen) atoms. The third-order valence-electron chi connectivity index (χ3n) is 5.00. The number of hydrogen-bond donors (Lipinski definition) is 2. The second-order valence-corrected chi connectivity index (χ2v) is 10.7. The minimum Gasteiger partial charge on any atom is -0.464 e. The fourth-order valence-electron chi connectivity index (χ4n) is 2.37.